The molecule has 0 aliphatic carbocycles. The van der Waals surface area contributed by atoms with E-state index in [1.54, 1.807) is 0 Å². The van der Waals surface area contributed by atoms with Crippen molar-refractivity contribution < 1.29 is 13.9 Å². The number of aromatic nitrogens is 2. The van der Waals surface area contributed by atoms with Crippen LogP contribution in [-0.4, -0.2) is 24.2 Å². The number of anilines is 1. The first-order valence-electron chi connectivity index (χ1n) is 5.81. The zero-order valence-corrected chi connectivity index (χ0v) is 12.7. The van der Waals surface area contributed by atoms with Crippen LogP contribution in [-0.2, 0) is 0 Å². The molecule has 1 heterocycles. The van der Waals surface area contributed by atoms with Gasteiger partial charge in [0.25, 0.3) is 0 Å². The number of ether oxygens (including phenoxy) is 2. The zero-order chi connectivity index (χ0) is 15.6. The molecule has 0 amide bonds. The van der Waals surface area contributed by atoms with Gasteiger partial charge in [0.05, 0.1) is 26.0 Å². The van der Waals surface area contributed by atoms with Crippen molar-refractivity contribution in [1.29, 1.82) is 0 Å². The lowest BCUT2D eigenvalue weighted by Gasteiger charge is -2.14. The Hall–Kier alpha value is -1.79. The second kappa shape index (κ2) is 6.32. The number of nitrogen functional groups attached to an aromatic ring is 1. The monoisotopic (exact) mass is 331 g/mol. The summed E-state index contributed by atoms with van der Waals surface area (Å²) in [6.45, 7) is 0. The number of alkyl halides is 1. The van der Waals surface area contributed by atoms with Gasteiger partial charge in [-0.3, -0.25) is 0 Å². The van der Waals surface area contributed by atoms with Crippen molar-refractivity contribution in [2.45, 2.75) is 5.38 Å². The molecule has 0 saturated heterocycles. The van der Waals surface area contributed by atoms with Crippen molar-refractivity contribution in [2.75, 3.05) is 20.0 Å². The molecular formula is C13H12Cl2FN3O2. The van der Waals surface area contributed by atoms with Gasteiger partial charge in [0.1, 0.15) is 11.2 Å². The summed E-state index contributed by atoms with van der Waals surface area (Å²) >= 11 is 12.1. The Balaban J connectivity index is 2.51. The van der Waals surface area contributed by atoms with Crippen LogP contribution in [0.2, 0.25) is 5.02 Å². The van der Waals surface area contributed by atoms with Crippen molar-refractivity contribution in [2.24, 2.45) is 0 Å². The second-order valence-corrected chi connectivity index (χ2v) is 4.94. The molecule has 0 spiro atoms. The maximum absolute atomic E-state index is 13.6. The first-order valence-corrected chi connectivity index (χ1v) is 6.63. The molecule has 1 aromatic heterocycles. The molecule has 1 aromatic carbocycles. The molecule has 1 atom stereocenters. The maximum Gasteiger partial charge on any atom is 0.220 e. The van der Waals surface area contributed by atoms with Crippen LogP contribution in [0.15, 0.2) is 18.2 Å². The smallest absolute Gasteiger partial charge is 0.220 e. The molecule has 2 aromatic rings. The summed E-state index contributed by atoms with van der Waals surface area (Å²) < 4.78 is 23.7. The molecular weight excluding hydrogens is 320 g/mol. The normalized spacial score (nSPS) is 12.0. The average molecular weight is 332 g/mol. The minimum atomic E-state index is -0.901. The van der Waals surface area contributed by atoms with E-state index in [2.05, 4.69) is 9.97 Å². The van der Waals surface area contributed by atoms with Crippen molar-refractivity contribution in [1.82, 2.24) is 9.97 Å². The molecule has 0 radical (unpaired) electrons. The molecule has 112 valence electrons. The Morgan fingerprint density at radius 3 is 2.24 bits per heavy atom. The molecule has 0 aliphatic rings. The number of nitrogens with two attached hydrogens (primary N) is 1. The van der Waals surface area contributed by atoms with Gasteiger partial charge >= 0.3 is 0 Å². The average Bonchev–Trinajstić information content (AvgIpc) is 2.49. The van der Waals surface area contributed by atoms with E-state index in [0.717, 1.165) is 6.07 Å². The van der Waals surface area contributed by atoms with Crippen LogP contribution in [0.4, 0.5) is 10.1 Å². The van der Waals surface area contributed by atoms with Crippen molar-refractivity contribution in [3.8, 4) is 11.8 Å². The Morgan fingerprint density at radius 1 is 1.14 bits per heavy atom. The third-order valence-corrected chi connectivity index (χ3v) is 3.39. The molecule has 8 heteroatoms. The van der Waals surface area contributed by atoms with E-state index in [1.165, 1.54) is 26.4 Å². The van der Waals surface area contributed by atoms with E-state index in [-0.39, 0.29) is 33.9 Å². The molecule has 5 nitrogen and oxygen atoms in total. The Bertz CT molecular complexity index is 648. The van der Waals surface area contributed by atoms with Crippen LogP contribution in [0, 0.1) is 5.82 Å². The molecule has 0 aliphatic heterocycles. The van der Waals surface area contributed by atoms with E-state index in [0.29, 0.717) is 0 Å². The van der Waals surface area contributed by atoms with Crippen molar-refractivity contribution >= 4 is 28.9 Å². The van der Waals surface area contributed by atoms with Gasteiger partial charge in [-0.25, -0.2) is 4.39 Å². The van der Waals surface area contributed by atoms with Gasteiger partial charge in [-0.05, 0) is 12.1 Å². The Labute approximate surface area is 130 Å². The third-order valence-electron chi connectivity index (χ3n) is 2.74. The third kappa shape index (κ3) is 3.28. The molecule has 2 rings (SSSR count). The Kier molecular flexibility index (Phi) is 4.69. The van der Waals surface area contributed by atoms with Gasteiger partial charge in [-0.1, -0.05) is 11.6 Å². The summed E-state index contributed by atoms with van der Waals surface area (Å²) in [4.78, 5) is 8.22. The maximum atomic E-state index is 13.6. The minimum Gasteiger partial charge on any atom is -0.481 e. The molecule has 21 heavy (non-hydrogen) atoms. The lowest BCUT2D eigenvalue weighted by Crippen LogP contribution is -2.07. The Morgan fingerprint density at radius 2 is 1.71 bits per heavy atom. The summed E-state index contributed by atoms with van der Waals surface area (Å²) in [5, 5.41) is -0.723. The lowest BCUT2D eigenvalue weighted by molar-refractivity contribution is 0.368. The molecule has 0 bridgehead atoms. The molecule has 0 saturated carbocycles. The van der Waals surface area contributed by atoms with Crippen LogP contribution < -0.4 is 15.2 Å². The van der Waals surface area contributed by atoms with E-state index >= 15 is 0 Å². The van der Waals surface area contributed by atoms with Gasteiger partial charge in [0, 0.05) is 10.6 Å². The topological polar surface area (TPSA) is 70.3 Å². The SMILES string of the molecule is COc1cc(OC)nc(C(Cl)c2cc(Cl)cc(F)c2N)n1. The van der Waals surface area contributed by atoms with Gasteiger partial charge in [-0.15, -0.1) is 11.6 Å². The van der Waals surface area contributed by atoms with Crippen LogP contribution in [0.25, 0.3) is 0 Å². The lowest BCUT2D eigenvalue weighted by atomic mass is 10.1. The van der Waals surface area contributed by atoms with Crippen LogP contribution >= 0.6 is 23.2 Å². The van der Waals surface area contributed by atoms with E-state index in [4.69, 9.17) is 38.4 Å². The number of benzene rings is 1. The molecule has 0 fully saturated rings. The predicted molar refractivity (Wildman–Crippen MR) is 78.7 cm³/mol. The van der Waals surface area contributed by atoms with Gasteiger partial charge in [-0.2, -0.15) is 9.97 Å². The molecule has 1 unspecified atom stereocenters. The number of halogens is 3. The number of hydrogen-bond acceptors (Lipinski definition) is 5. The van der Waals surface area contributed by atoms with Crippen LogP contribution in [0.5, 0.6) is 11.8 Å². The van der Waals surface area contributed by atoms with Crippen LogP contribution in [0.1, 0.15) is 16.8 Å². The van der Waals surface area contributed by atoms with Gasteiger partial charge in [0.15, 0.2) is 5.82 Å². The summed E-state index contributed by atoms with van der Waals surface area (Å²) in [5.41, 5.74) is 5.86. The second-order valence-electron chi connectivity index (χ2n) is 4.06. The highest BCUT2D eigenvalue weighted by Gasteiger charge is 2.21. The quantitative estimate of drug-likeness (QED) is 0.688. The fraction of sp³-hybridized carbons (Fsp3) is 0.231. The number of rotatable bonds is 4. The summed E-state index contributed by atoms with van der Waals surface area (Å²) in [6, 6.07) is 4.07. The fourth-order valence-electron chi connectivity index (χ4n) is 1.70. The largest absolute Gasteiger partial charge is 0.481 e. The highest BCUT2D eigenvalue weighted by Crippen LogP contribution is 2.35. The predicted octanol–water partition coefficient (Wildman–Crippen LogP) is 3.20. The summed E-state index contributed by atoms with van der Waals surface area (Å²) in [7, 11) is 2.89. The summed E-state index contributed by atoms with van der Waals surface area (Å²) in [5.74, 6) is 0.0476. The highest BCUT2D eigenvalue weighted by molar-refractivity contribution is 6.31. The van der Waals surface area contributed by atoms with Gasteiger partial charge < -0.3 is 15.2 Å². The van der Waals surface area contributed by atoms with E-state index in [1.807, 2.05) is 0 Å². The van der Waals surface area contributed by atoms with Crippen molar-refractivity contribution in [3.63, 3.8) is 0 Å². The first kappa shape index (κ1) is 15.6. The standard InChI is InChI=1S/C13H12Cl2FN3O2/c1-20-9-5-10(21-2)19-13(18-9)11(15)7-3-6(14)4-8(16)12(7)17/h3-5,11H,17H2,1-2H3. The minimum absolute atomic E-state index is 0.107. The number of hydrogen-bond donors (Lipinski definition) is 1. The number of methoxy groups -OCH3 is 2. The van der Waals surface area contributed by atoms with Crippen molar-refractivity contribution in [3.05, 3.63) is 40.4 Å². The summed E-state index contributed by atoms with van der Waals surface area (Å²) in [6.07, 6.45) is 0. The van der Waals surface area contributed by atoms with Gasteiger partial charge in [0.2, 0.25) is 11.8 Å². The van der Waals surface area contributed by atoms with E-state index in [9.17, 15) is 4.39 Å². The number of nitrogens with zero attached hydrogens (tertiary/aromatic N) is 2. The fourth-order valence-corrected chi connectivity index (χ4v) is 2.19. The van der Waals surface area contributed by atoms with Crippen LogP contribution in [0.3, 0.4) is 0 Å². The highest BCUT2D eigenvalue weighted by atomic mass is 35.5. The molecule has 2 N–H and O–H groups in total. The first-order chi connectivity index (χ1) is 9.96. The zero-order valence-electron chi connectivity index (χ0n) is 11.2. The van der Waals surface area contributed by atoms with E-state index < -0.39 is 11.2 Å².